The van der Waals surface area contributed by atoms with E-state index in [1.807, 2.05) is 6.07 Å². The molecule has 4 aromatic rings. The zero-order chi connectivity index (χ0) is 25.3. The van der Waals surface area contributed by atoms with E-state index in [-0.39, 0.29) is 23.0 Å². The smallest absolute Gasteiger partial charge is 0.251 e. The van der Waals surface area contributed by atoms with Gasteiger partial charge in [-0.25, -0.2) is 18.1 Å². The van der Waals surface area contributed by atoms with Crippen LogP contribution in [0.5, 0.6) is 5.75 Å². The van der Waals surface area contributed by atoms with E-state index in [1.54, 1.807) is 30.3 Å². The third-order valence-corrected chi connectivity index (χ3v) is 5.83. The van der Waals surface area contributed by atoms with Crippen molar-refractivity contribution in [3.8, 4) is 28.5 Å². The Morgan fingerprint density at radius 1 is 1.15 bits per heavy atom. The van der Waals surface area contributed by atoms with Crippen LogP contribution in [0.2, 0.25) is 0 Å². The first-order valence-electron chi connectivity index (χ1n) is 11.8. The van der Waals surface area contributed by atoms with E-state index in [9.17, 15) is 9.18 Å². The Labute approximate surface area is 197 Å². The number of halogens is 2. The molecular formula is C25H22F2N4O3. The second-order valence-electron chi connectivity index (χ2n) is 7.86. The fourth-order valence-corrected chi connectivity index (χ4v) is 4.13. The first-order chi connectivity index (χ1) is 17.3. The molecule has 0 amide bonds. The van der Waals surface area contributed by atoms with Gasteiger partial charge in [0.05, 0.1) is 23.8 Å². The van der Waals surface area contributed by atoms with E-state index in [0.29, 0.717) is 18.9 Å². The third kappa shape index (κ3) is 4.22. The summed E-state index contributed by atoms with van der Waals surface area (Å²) in [6.45, 7) is -2.42. The van der Waals surface area contributed by atoms with E-state index < -0.39 is 23.8 Å². The first kappa shape index (κ1) is 19.6. The molecule has 2 aromatic heterocycles. The minimum Gasteiger partial charge on any atom is -0.457 e. The molecule has 0 spiro atoms. The predicted molar refractivity (Wildman–Crippen MR) is 122 cm³/mol. The Kier molecular flexibility index (Phi) is 5.51. The molecule has 5 rings (SSSR count). The number of hydrogen-bond acceptors (Lipinski definition) is 5. The Balaban J connectivity index is 1.63. The quantitative estimate of drug-likeness (QED) is 0.421. The van der Waals surface area contributed by atoms with E-state index in [4.69, 9.17) is 7.48 Å². The average molecular weight is 466 g/mol. The number of benzene rings is 2. The van der Waals surface area contributed by atoms with Crippen LogP contribution >= 0.6 is 0 Å². The van der Waals surface area contributed by atoms with Gasteiger partial charge in [0.25, 0.3) is 5.43 Å². The van der Waals surface area contributed by atoms with Crippen LogP contribution in [-0.4, -0.2) is 39.6 Å². The van der Waals surface area contributed by atoms with Crippen molar-refractivity contribution in [3.63, 3.8) is 0 Å². The van der Waals surface area contributed by atoms with Crippen molar-refractivity contribution in [3.05, 3.63) is 88.6 Å². The first-order valence-corrected chi connectivity index (χ1v) is 10.8. The highest BCUT2D eigenvalue weighted by molar-refractivity contribution is 5.59. The zero-order valence-electron chi connectivity index (χ0n) is 20.0. The second kappa shape index (κ2) is 9.56. The molecule has 34 heavy (non-hydrogen) atoms. The highest BCUT2D eigenvalue weighted by atomic mass is 19.1. The summed E-state index contributed by atoms with van der Waals surface area (Å²) in [5.74, 6) is -1.11. The van der Waals surface area contributed by atoms with Gasteiger partial charge < -0.3 is 9.47 Å². The molecule has 2 aromatic carbocycles. The fraction of sp³-hybridized carbons (Fsp3) is 0.240. The SMILES string of the molecule is [2H]C([2H])(F)Oc1cn(-c2ccc(C3CCOCC3)cc2F)nc(-c2ccnn2-c2ccccc2)c1=O. The van der Waals surface area contributed by atoms with Crippen molar-refractivity contribution < 1.29 is 21.0 Å². The number of hydrogen-bond donors (Lipinski definition) is 0. The van der Waals surface area contributed by atoms with Crippen molar-refractivity contribution >= 4 is 0 Å². The molecule has 0 bridgehead atoms. The Bertz CT molecular complexity index is 1430. The molecule has 1 fully saturated rings. The van der Waals surface area contributed by atoms with Crippen molar-refractivity contribution in [2.24, 2.45) is 0 Å². The molecule has 1 aliphatic heterocycles. The molecule has 9 heteroatoms. The van der Waals surface area contributed by atoms with Crippen molar-refractivity contribution in [1.29, 1.82) is 0 Å². The summed E-state index contributed by atoms with van der Waals surface area (Å²) in [5, 5.41) is 8.57. The van der Waals surface area contributed by atoms with Crippen molar-refractivity contribution in [2.45, 2.75) is 18.8 Å². The minimum absolute atomic E-state index is 0.0119. The maximum atomic E-state index is 15.3. The normalized spacial score (nSPS) is 15.6. The van der Waals surface area contributed by atoms with Gasteiger partial charge in [-0.3, -0.25) is 4.79 Å². The molecule has 0 unspecified atom stereocenters. The average Bonchev–Trinajstić information content (AvgIpc) is 3.35. The number of ether oxygens (including phenoxy) is 2. The molecule has 7 nitrogen and oxygen atoms in total. The monoisotopic (exact) mass is 466 g/mol. The van der Waals surface area contributed by atoms with Crippen molar-refractivity contribution in [2.75, 3.05) is 20.0 Å². The van der Waals surface area contributed by atoms with Crippen LogP contribution in [0.3, 0.4) is 0 Å². The van der Waals surface area contributed by atoms with Crippen LogP contribution in [-0.2, 0) is 4.74 Å². The lowest BCUT2D eigenvalue weighted by molar-refractivity contribution is 0.0853. The second-order valence-corrected chi connectivity index (χ2v) is 7.86. The van der Waals surface area contributed by atoms with Gasteiger partial charge in [-0.2, -0.15) is 10.2 Å². The fourth-order valence-electron chi connectivity index (χ4n) is 4.13. The van der Waals surface area contributed by atoms with Gasteiger partial charge in [0.2, 0.25) is 6.81 Å². The molecule has 1 saturated heterocycles. The Hall–Kier alpha value is -3.85. The number of rotatable bonds is 6. The lowest BCUT2D eigenvalue weighted by atomic mass is 9.91. The lowest BCUT2D eigenvalue weighted by Gasteiger charge is -2.22. The van der Waals surface area contributed by atoms with Gasteiger partial charge in [-0.1, -0.05) is 24.3 Å². The minimum atomic E-state index is -3.64. The highest BCUT2D eigenvalue weighted by Gasteiger charge is 2.21. The van der Waals surface area contributed by atoms with Crippen LogP contribution in [0, 0.1) is 5.82 Å². The molecule has 3 heterocycles. The maximum Gasteiger partial charge on any atom is 0.251 e. The standard InChI is InChI=1S/C25H22F2N4O3/c26-16-34-23-15-30(21-7-6-18(14-20(21)27)17-9-12-33-13-10-17)29-24(25(23)32)22-8-11-28-31(22)19-4-2-1-3-5-19/h1-8,11,14-15,17H,9-10,12-13,16H2/i16D2. The summed E-state index contributed by atoms with van der Waals surface area (Å²) in [4.78, 5) is 13.2. The molecular weight excluding hydrogens is 442 g/mol. The van der Waals surface area contributed by atoms with E-state index in [1.165, 1.54) is 29.1 Å². The topological polar surface area (TPSA) is 71.2 Å². The molecule has 0 saturated carbocycles. The zero-order valence-corrected chi connectivity index (χ0v) is 18.0. The molecule has 0 aliphatic carbocycles. The summed E-state index contributed by atoms with van der Waals surface area (Å²) in [6.07, 6.45) is 4.00. The van der Waals surface area contributed by atoms with Gasteiger partial charge in [-0.05, 0) is 54.7 Å². The molecule has 0 atom stereocenters. The predicted octanol–water partition coefficient (Wildman–Crippen LogP) is 4.42. The summed E-state index contributed by atoms with van der Waals surface area (Å²) < 4.78 is 55.9. The van der Waals surface area contributed by atoms with Crippen LogP contribution < -0.4 is 10.2 Å². The lowest BCUT2D eigenvalue weighted by Crippen LogP contribution is -2.19. The Morgan fingerprint density at radius 2 is 1.94 bits per heavy atom. The number of alkyl halides is 1. The van der Waals surface area contributed by atoms with E-state index in [2.05, 4.69) is 14.9 Å². The summed E-state index contributed by atoms with van der Waals surface area (Å²) in [5.41, 5.74) is 0.589. The van der Waals surface area contributed by atoms with Crippen LogP contribution in [0.15, 0.2) is 71.8 Å². The third-order valence-electron chi connectivity index (χ3n) is 5.83. The number of nitrogens with zero attached hydrogens (tertiary/aromatic N) is 4. The number of para-hydroxylation sites is 1. The van der Waals surface area contributed by atoms with Crippen LogP contribution in [0.25, 0.3) is 22.8 Å². The van der Waals surface area contributed by atoms with E-state index in [0.717, 1.165) is 29.3 Å². The van der Waals surface area contributed by atoms with Crippen LogP contribution in [0.1, 0.15) is 27.1 Å². The number of aromatic nitrogens is 4. The van der Waals surface area contributed by atoms with Gasteiger partial charge in [-0.15, -0.1) is 0 Å². The molecule has 174 valence electrons. The maximum absolute atomic E-state index is 15.3. The summed E-state index contributed by atoms with van der Waals surface area (Å²) in [6, 6.07) is 15.2. The summed E-state index contributed by atoms with van der Waals surface area (Å²) in [7, 11) is 0. The Morgan fingerprint density at radius 3 is 2.68 bits per heavy atom. The molecule has 0 radical (unpaired) electrons. The highest BCUT2D eigenvalue weighted by Crippen LogP contribution is 2.29. The largest absolute Gasteiger partial charge is 0.457 e. The van der Waals surface area contributed by atoms with Gasteiger partial charge >= 0.3 is 0 Å². The summed E-state index contributed by atoms with van der Waals surface area (Å²) >= 11 is 0. The van der Waals surface area contributed by atoms with Gasteiger partial charge in [0.1, 0.15) is 14.2 Å². The molecule has 0 N–H and O–H groups in total. The van der Waals surface area contributed by atoms with Crippen molar-refractivity contribution in [1.82, 2.24) is 19.6 Å². The van der Waals surface area contributed by atoms with Gasteiger partial charge in [0.15, 0.2) is 11.4 Å². The van der Waals surface area contributed by atoms with Gasteiger partial charge in [0, 0.05) is 13.2 Å². The molecule has 1 aliphatic rings. The van der Waals surface area contributed by atoms with E-state index >= 15 is 4.39 Å². The van der Waals surface area contributed by atoms with Crippen LogP contribution in [0.4, 0.5) is 8.78 Å².